The molecular formula is C12H28N4OS. The van der Waals surface area contributed by atoms with Crippen LogP contribution in [0.4, 0.5) is 0 Å². The third kappa shape index (κ3) is 10.7. The molecule has 0 heterocycles. The van der Waals surface area contributed by atoms with Crippen molar-refractivity contribution in [1.82, 2.24) is 15.5 Å². The van der Waals surface area contributed by atoms with E-state index < -0.39 is 0 Å². The van der Waals surface area contributed by atoms with Gasteiger partial charge in [-0.05, 0) is 19.7 Å². The number of ether oxygens (including phenoxy) is 1. The predicted molar refractivity (Wildman–Crippen MR) is 81.7 cm³/mol. The Balaban J connectivity index is 3.54. The molecule has 0 aromatic rings. The Bertz CT molecular complexity index is 214. The summed E-state index contributed by atoms with van der Waals surface area (Å²) >= 11 is 1.83. The summed E-state index contributed by atoms with van der Waals surface area (Å²) in [7, 11) is 5.67. The summed E-state index contributed by atoms with van der Waals surface area (Å²) in [4.78, 5) is 6.47. The normalized spacial score (nSPS) is 11.9. The molecule has 0 saturated heterocycles. The minimum atomic E-state index is 0.829. The van der Waals surface area contributed by atoms with Crippen LogP contribution in [0, 0.1) is 0 Å². The van der Waals surface area contributed by atoms with Crippen LogP contribution in [-0.4, -0.2) is 76.9 Å². The van der Waals surface area contributed by atoms with E-state index in [-0.39, 0.29) is 0 Å². The Labute approximate surface area is 116 Å². The maximum atomic E-state index is 5.03. The van der Waals surface area contributed by atoms with Crippen molar-refractivity contribution in [2.24, 2.45) is 4.99 Å². The molecule has 108 valence electrons. The summed E-state index contributed by atoms with van der Waals surface area (Å²) in [6, 6.07) is 0. The lowest BCUT2D eigenvalue weighted by atomic mass is 10.4. The van der Waals surface area contributed by atoms with E-state index in [9.17, 15) is 0 Å². The average Bonchev–Trinajstić information content (AvgIpc) is 2.37. The van der Waals surface area contributed by atoms with Crippen LogP contribution < -0.4 is 10.6 Å². The highest BCUT2D eigenvalue weighted by Crippen LogP contribution is 1.88. The van der Waals surface area contributed by atoms with Gasteiger partial charge in [-0.25, -0.2) is 0 Å². The van der Waals surface area contributed by atoms with Gasteiger partial charge in [0, 0.05) is 52.7 Å². The van der Waals surface area contributed by atoms with Gasteiger partial charge in [-0.3, -0.25) is 4.99 Å². The molecule has 0 spiro atoms. The smallest absolute Gasteiger partial charge is 0.191 e. The summed E-state index contributed by atoms with van der Waals surface area (Å²) in [6.45, 7) is 4.75. The van der Waals surface area contributed by atoms with E-state index in [2.05, 4.69) is 33.8 Å². The first-order valence-corrected chi connectivity index (χ1v) is 7.75. The second-order valence-corrected chi connectivity index (χ2v) is 5.05. The van der Waals surface area contributed by atoms with E-state index in [1.54, 1.807) is 14.2 Å². The fourth-order valence-electron chi connectivity index (χ4n) is 1.45. The Kier molecular flexibility index (Phi) is 12.7. The molecule has 0 atom stereocenters. The van der Waals surface area contributed by atoms with Crippen molar-refractivity contribution in [2.75, 3.05) is 66.0 Å². The third-order valence-electron chi connectivity index (χ3n) is 2.50. The standard InChI is InChI=1S/C12H28N4OS/c1-13-12(15-7-11-18-4)14-6-9-16(2)8-5-10-17-3/h5-11H2,1-4H3,(H2,13,14,15). The van der Waals surface area contributed by atoms with E-state index in [0.717, 1.165) is 50.9 Å². The number of thioether (sulfide) groups is 1. The number of hydrogen-bond donors (Lipinski definition) is 2. The molecule has 0 aliphatic rings. The van der Waals surface area contributed by atoms with E-state index in [0.29, 0.717) is 0 Å². The molecule has 0 fully saturated rings. The van der Waals surface area contributed by atoms with Crippen molar-refractivity contribution in [3.8, 4) is 0 Å². The number of rotatable bonds is 10. The fourth-order valence-corrected chi connectivity index (χ4v) is 1.75. The quantitative estimate of drug-likeness (QED) is 0.345. The number of nitrogens with one attached hydrogen (secondary N) is 2. The van der Waals surface area contributed by atoms with Crippen molar-refractivity contribution in [3.05, 3.63) is 0 Å². The second kappa shape index (κ2) is 13.0. The van der Waals surface area contributed by atoms with E-state index in [1.807, 2.05) is 11.8 Å². The number of methoxy groups -OCH3 is 1. The second-order valence-electron chi connectivity index (χ2n) is 4.07. The van der Waals surface area contributed by atoms with Crippen LogP contribution in [0.3, 0.4) is 0 Å². The number of likely N-dealkylation sites (N-methyl/N-ethyl adjacent to an activating group) is 1. The lowest BCUT2D eigenvalue weighted by molar-refractivity contribution is 0.180. The van der Waals surface area contributed by atoms with Crippen molar-refractivity contribution in [3.63, 3.8) is 0 Å². The van der Waals surface area contributed by atoms with Gasteiger partial charge in [-0.1, -0.05) is 0 Å². The zero-order valence-electron chi connectivity index (χ0n) is 12.2. The molecule has 0 aromatic carbocycles. The van der Waals surface area contributed by atoms with Crippen LogP contribution in [0.5, 0.6) is 0 Å². The molecule has 6 heteroatoms. The number of aliphatic imine (C=N–C) groups is 1. The zero-order chi connectivity index (χ0) is 13.6. The van der Waals surface area contributed by atoms with Crippen LogP contribution in [0.25, 0.3) is 0 Å². The van der Waals surface area contributed by atoms with Crippen molar-refractivity contribution in [1.29, 1.82) is 0 Å². The highest BCUT2D eigenvalue weighted by Gasteiger charge is 1.99. The van der Waals surface area contributed by atoms with Crippen LogP contribution in [0.15, 0.2) is 4.99 Å². The third-order valence-corrected chi connectivity index (χ3v) is 3.11. The molecule has 0 aromatic heterocycles. The topological polar surface area (TPSA) is 48.9 Å². The van der Waals surface area contributed by atoms with Gasteiger partial charge in [-0.2, -0.15) is 11.8 Å². The number of hydrogen-bond acceptors (Lipinski definition) is 4. The summed E-state index contributed by atoms with van der Waals surface area (Å²) in [6.07, 6.45) is 3.18. The Morgan fingerprint density at radius 2 is 2.00 bits per heavy atom. The largest absolute Gasteiger partial charge is 0.385 e. The first-order valence-electron chi connectivity index (χ1n) is 6.35. The van der Waals surface area contributed by atoms with Crippen LogP contribution in [0.1, 0.15) is 6.42 Å². The molecule has 2 N–H and O–H groups in total. The number of guanidine groups is 1. The molecule has 18 heavy (non-hydrogen) atoms. The molecular weight excluding hydrogens is 248 g/mol. The summed E-state index contributed by atoms with van der Waals surface area (Å²) < 4.78 is 5.03. The summed E-state index contributed by atoms with van der Waals surface area (Å²) in [5, 5.41) is 6.58. The minimum Gasteiger partial charge on any atom is -0.385 e. The Morgan fingerprint density at radius 1 is 1.28 bits per heavy atom. The van der Waals surface area contributed by atoms with E-state index >= 15 is 0 Å². The molecule has 0 aliphatic heterocycles. The van der Waals surface area contributed by atoms with Crippen LogP contribution in [0.2, 0.25) is 0 Å². The van der Waals surface area contributed by atoms with Gasteiger partial charge >= 0.3 is 0 Å². The first-order chi connectivity index (χ1) is 8.74. The van der Waals surface area contributed by atoms with E-state index in [4.69, 9.17) is 4.74 Å². The lowest BCUT2D eigenvalue weighted by Gasteiger charge is -2.18. The molecule has 0 saturated carbocycles. The minimum absolute atomic E-state index is 0.829. The van der Waals surface area contributed by atoms with Gasteiger partial charge < -0.3 is 20.3 Å². The first kappa shape index (κ1) is 17.5. The van der Waals surface area contributed by atoms with Gasteiger partial charge in [0.25, 0.3) is 0 Å². The average molecular weight is 276 g/mol. The highest BCUT2D eigenvalue weighted by molar-refractivity contribution is 7.98. The Hall–Kier alpha value is -0.460. The number of nitrogens with zero attached hydrogens (tertiary/aromatic N) is 2. The van der Waals surface area contributed by atoms with Crippen molar-refractivity contribution >= 4 is 17.7 Å². The molecule has 0 rings (SSSR count). The SMILES string of the molecule is CN=C(NCCSC)NCCN(C)CCCOC. The van der Waals surface area contributed by atoms with E-state index in [1.165, 1.54) is 0 Å². The van der Waals surface area contributed by atoms with Crippen LogP contribution >= 0.6 is 11.8 Å². The zero-order valence-corrected chi connectivity index (χ0v) is 13.0. The van der Waals surface area contributed by atoms with Crippen molar-refractivity contribution < 1.29 is 4.74 Å². The van der Waals surface area contributed by atoms with Gasteiger partial charge in [0.1, 0.15) is 0 Å². The maximum Gasteiger partial charge on any atom is 0.191 e. The monoisotopic (exact) mass is 276 g/mol. The summed E-state index contributed by atoms with van der Waals surface area (Å²) in [5.41, 5.74) is 0. The maximum absolute atomic E-state index is 5.03. The predicted octanol–water partition coefficient (Wildman–Crippen LogP) is 0.483. The molecule has 0 unspecified atom stereocenters. The van der Waals surface area contributed by atoms with Gasteiger partial charge in [0.05, 0.1) is 0 Å². The fraction of sp³-hybridized carbons (Fsp3) is 0.917. The molecule has 5 nitrogen and oxygen atoms in total. The van der Waals surface area contributed by atoms with Gasteiger partial charge in [-0.15, -0.1) is 0 Å². The van der Waals surface area contributed by atoms with Crippen LogP contribution in [-0.2, 0) is 4.74 Å². The lowest BCUT2D eigenvalue weighted by Crippen LogP contribution is -2.41. The molecule has 0 radical (unpaired) electrons. The van der Waals surface area contributed by atoms with Gasteiger partial charge in [0.2, 0.25) is 0 Å². The summed E-state index contributed by atoms with van der Waals surface area (Å²) in [5.74, 6) is 1.98. The molecule has 0 amide bonds. The van der Waals surface area contributed by atoms with Gasteiger partial charge in [0.15, 0.2) is 5.96 Å². The Morgan fingerprint density at radius 3 is 2.61 bits per heavy atom. The molecule has 0 bridgehead atoms. The highest BCUT2D eigenvalue weighted by atomic mass is 32.2. The molecule has 0 aliphatic carbocycles. The van der Waals surface area contributed by atoms with Crippen molar-refractivity contribution in [2.45, 2.75) is 6.42 Å².